The molecule has 0 aliphatic carbocycles. The van der Waals surface area contributed by atoms with Crippen molar-refractivity contribution < 1.29 is 14.7 Å². The van der Waals surface area contributed by atoms with Gasteiger partial charge in [0.2, 0.25) is 0 Å². The fourth-order valence-electron chi connectivity index (χ4n) is 3.52. The summed E-state index contributed by atoms with van der Waals surface area (Å²) in [6.45, 7) is 12.3. The molecule has 3 amide bonds. The number of thioether (sulfide) groups is 1. The van der Waals surface area contributed by atoms with E-state index in [4.69, 9.17) is 0 Å². The molecule has 0 spiro atoms. The molecular weight excluding hydrogens is 410 g/mol. The lowest BCUT2D eigenvalue weighted by Crippen LogP contribution is -2.46. The van der Waals surface area contributed by atoms with E-state index in [1.54, 1.807) is 12.1 Å². The van der Waals surface area contributed by atoms with Gasteiger partial charge in [-0.1, -0.05) is 59.7 Å². The third-order valence-corrected chi connectivity index (χ3v) is 6.37. The van der Waals surface area contributed by atoms with Crippen LogP contribution in [0.15, 0.2) is 42.5 Å². The molecule has 1 unspecified atom stereocenters. The molecule has 3 N–H and O–H groups in total. The van der Waals surface area contributed by atoms with Crippen LogP contribution in [0.4, 0.5) is 10.5 Å². The predicted molar refractivity (Wildman–Crippen MR) is 126 cm³/mol. The SMILES string of the molecule is CC(C)(C)c1cc(C2SCC(=O)N2NC(=O)Nc2ccccc2)cc(C(C)(C)C)c1O. The van der Waals surface area contributed by atoms with Crippen LogP contribution in [0.2, 0.25) is 0 Å². The minimum absolute atomic E-state index is 0.166. The summed E-state index contributed by atoms with van der Waals surface area (Å²) < 4.78 is 0. The van der Waals surface area contributed by atoms with Gasteiger partial charge in [0.15, 0.2) is 0 Å². The van der Waals surface area contributed by atoms with Crippen molar-refractivity contribution in [1.29, 1.82) is 0 Å². The van der Waals surface area contributed by atoms with Crippen molar-refractivity contribution in [2.24, 2.45) is 0 Å². The fourth-order valence-corrected chi connectivity index (χ4v) is 4.61. The molecule has 1 atom stereocenters. The van der Waals surface area contributed by atoms with Crippen molar-refractivity contribution >= 4 is 29.4 Å². The molecule has 166 valence electrons. The smallest absolute Gasteiger partial charge is 0.338 e. The highest BCUT2D eigenvalue weighted by Crippen LogP contribution is 2.45. The molecule has 0 bridgehead atoms. The third kappa shape index (κ3) is 5.15. The molecule has 31 heavy (non-hydrogen) atoms. The molecule has 0 aromatic heterocycles. The van der Waals surface area contributed by atoms with Gasteiger partial charge >= 0.3 is 6.03 Å². The lowest BCUT2D eigenvalue weighted by molar-refractivity contribution is -0.130. The number of hydrogen-bond donors (Lipinski definition) is 3. The minimum Gasteiger partial charge on any atom is -0.507 e. The van der Waals surface area contributed by atoms with E-state index in [1.807, 2.05) is 30.3 Å². The standard InChI is InChI=1S/C24H31N3O3S/c1-23(2,3)17-12-15(13-18(20(17)29)24(4,5)6)21-27(19(28)14-31-21)26-22(30)25-16-10-8-7-9-11-16/h7-13,21,29H,14H2,1-6H3,(H2,25,26,30). The average Bonchev–Trinajstić information content (AvgIpc) is 3.01. The molecule has 0 saturated carbocycles. The van der Waals surface area contributed by atoms with Crippen LogP contribution in [0.3, 0.4) is 0 Å². The Balaban J connectivity index is 1.94. The lowest BCUT2D eigenvalue weighted by atomic mass is 9.78. The van der Waals surface area contributed by atoms with Crippen LogP contribution in [0.1, 0.15) is 63.6 Å². The van der Waals surface area contributed by atoms with E-state index < -0.39 is 6.03 Å². The summed E-state index contributed by atoms with van der Waals surface area (Å²) in [5.74, 6) is 0.396. The summed E-state index contributed by atoms with van der Waals surface area (Å²) >= 11 is 1.46. The Kier molecular flexibility index (Phi) is 6.28. The average molecular weight is 442 g/mol. The van der Waals surface area contributed by atoms with Gasteiger partial charge in [0, 0.05) is 5.69 Å². The lowest BCUT2D eigenvalue weighted by Gasteiger charge is -2.31. The molecule has 2 aromatic rings. The molecule has 7 heteroatoms. The van der Waals surface area contributed by atoms with E-state index in [-0.39, 0.29) is 27.9 Å². The Morgan fingerprint density at radius 3 is 2.10 bits per heavy atom. The van der Waals surface area contributed by atoms with Gasteiger partial charge in [0.1, 0.15) is 11.1 Å². The van der Waals surface area contributed by atoms with Crippen LogP contribution < -0.4 is 10.7 Å². The summed E-state index contributed by atoms with van der Waals surface area (Å²) in [5, 5.41) is 14.7. The van der Waals surface area contributed by atoms with Crippen LogP contribution in [0, 0.1) is 0 Å². The first-order valence-electron chi connectivity index (χ1n) is 10.3. The molecule has 3 rings (SSSR count). The predicted octanol–water partition coefficient (Wildman–Crippen LogP) is 5.30. The number of para-hydroxylation sites is 1. The Labute approximate surface area is 188 Å². The quantitative estimate of drug-likeness (QED) is 0.604. The van der Waals surface area contributed by atoms with E-state index in [1.165, 1.54) is 16.8 Å². The Morgan fingerprint density at radius 2 is 1.58 bits per heavy atom. The molecule has 2 aromatic carbocycles. The zero-order chi connectivity index (χ0) is 23.0. The number of nitrogens with one attached hydrogen (secondary N) is 2. The number of carbonyl (C=O) groups excluding carboxylic acids is 2. The maximum atomic E-state index is 12.6. The minimum atomic E-state index is -0.474. The van der Waals surface area contributed by atoms with E-state index >= 15 is 0 Å². The van der Waals surface area contributed by atoms with Gasteiger partial charge in [-0.3, -0.25) is 4.79 Å². The molecule has 1 aliphatic rings. The highest BCUT2D eigenvalue weighted by Gasteiger charge is 2.37. The third-order valence-electron chi connectivity index (χ3n) is 5.15. The highest BCUT2D eigenvalue weighted by molar-refractivity contribution is 8.00. The van der Waals surface area contributed by atoms with E-state index in [9.17, 15) is 14.7 Å². The van der Waals surface area contributed by atoms with E-state index in [0.29, 0.717) is 11.4 Å². The number of anilines is 1. The number of phenols is 1. The van der Waals surface area contributed by atoms with E-state index in [2.05, 4.69) is 52.3 Å². The number of aromatic hydroxyl groups is 1. The summed E-state index contributed by atoms with van der Waals surface area (Å²) in [4.78, 5) is 25.1. The molecular formula is C24H31N3O3S. The van der Waals surface area contributed by atoms with Crippen LogP contribution in [0.25, 0.3) is 0 Å². The monoisotopic (exact) mass is 441 g/mol. The van der Waals surface area contributed by atoms with Crippen molar-refractivity contribution in [3.8, 4) is 5.75 Å². The van der Waals surface area contributed by atoms with Crippen molar-refractivity contribution in [2.75, 3.05) is 11.1 Å². The second-order valence-corrected chi connectivity index (χ2v) is 10.9. The first-order valence-corrected chi connectivity index (χ1v) is 11.4. The second kappa shape index (κ2) is 8.46. The first-order chi connectivity index (χ1) is 14.4. The van der Waals surface area contributed by atoms with Gasteiger partial charge in [0.25, 0.3) is 5.91 Å². The molecule has 1 fully saturated rings. The van der Waals surface area contributed by atoms with Crippen molar-refractivity contribution in [1.82, 2.24) is 10.4 Å². The van der Waals surface area contributed by atoms with Crippen LogP contribution in [-0.4, -0.2) is 27.8 Å². The summed E-state index contributed by atoms with van der Waals surface area (Å²) in [7, 11) is 0. The van der Waals surface area contributed by atoms with Gasteiger partial charge in [-0.25, -0.2) is 15.2 Å². The van der Waals surface area contributed by atoms with Crippen LogP contribution in [-0.2, 0) is 15.6 Å². The number of rotatable bonds is 3. The second-order valence-electron chi connectivity index (χ2n) is 9.82. The number of benzene rings is 2. The van der Waals surface area contributed by atoms with Gasteiger partial charge in [-0.2, -0.15) is 0 Å². The fraction of sp³-hybridized carbons (Fsp3) is 0.417. The number of hydrogen-bond acceptors (Lipinski definition) is 4. The number of phenolic OH excluding ortho intramolecular Hbond substituents is 1. The summed E-state index contributed by atoms with van der Waals surface area (Å²) in [5.41, 5.74) is 5.31. The molecule has 6 nitrogen and oxygen atoms in total. The normalized spacial score (nSPS) is 17.0. The first kappa shape index (κ1) is 23.0. The topological polar surface area (TPSA) is 81.7 Å². The van der Waals surface area contributed by atoms with Crippen LogP contribution in [0.5, 0.6) is 5.75 Å². The largest absolute Gasteiger partial charge is 0.507 e. The maximum Gasteiger partial charge on any atom is 0.338 e. The molecule has 1 saturated heterocycles. The van der Waals surface area contributed by atoms with Gasteiger partial charge in [-0.05, 0) is 51.8 Å². The van der Waals surface area contributed by atoms with Crippen molar-refractivity contribution in [3.63, 3.8) is 0 Å². The number of amides is 3. The molecule has 0 radical (unpaired) electrons. The van der Waals surface area contributed by atoms with Gasteiger partial charge in [-0.15, -0.1) is 11.8 Å². The summed E-state index contributed by atoms with van der Waals surface area (Å²) in [6.07, 6.45) is 0. The van der Waals surface area contributed by atoms with Crippen molar-refractivity contribution in [2.45, 2.75) is 57.7 Å². The number of urea groups is 1. The molecule has 1 heterocycles. The van der Waals surface area contributed by atoms with Crippen molar-refractivity contribution in [3.05, 3.63) is 59.2 Å². The number of nitrogens with zero attached hydrogens (tertiary/aromatic N) is 1. The van der Waals surface area contributed by atoms with Gasteiger partial charge < -0.3 is 10.4 Å². The number of hydrazine groups is 1. The van der Waals surface area contributed by atoms with Gasteiger partial charge in [0.05, 0.1) is 5.75 Å². The Hall–Kier alpha value is -2.67. The highest BCUT2D eigenvalue weighted by atomic mass is 32.2. The Bertz CT molecular complexity index is 943. The molecule has 1 aliphatic heterocycles. The maximum absolute atomic E-state index is 12.6. The van der Waals surface area contributed by atoms with E-state index in [0.717, 1.165) is 16.7 Å². The summed E-state index contributed by atoms with van der Waals surface area (Å²) in [6, 6.07) is 12.5. The number of carbonyl (C=O) groups is 2. The zero-order valence-electron chi connectivity index (χ0n) is 18.9. The Morgan fingerprint density at radius 1 is 1.03 bits per heavy atom. The van der Waals surface area contributed by atoms with Crippen LogP contribution >= 0.6 is 11.8 Å². The zero-order valence-corrected chi connectivity index (χ0v) is 19.8.